The predicted octanol–water partition coefficient (Wildman–Crippen LogP) is 4.39. The minimum absolute atomic E-state index is 0.0420. The van der Waals surface area contributed by atoms with Crippen LogP contribution in [0.1, 0.15) is 45.4 Å². The van der Waals surface area contributed by atoms with E-state index in [1.165, 1.54) is 6.42 Å². The summed E-state index contributed by atoms with van der Waals surface area (Å²) >= 11 is 11.7. The average Bonchev–Trinajstić information content (AvgIpc) is 2.56. The first-order valence-electron chi connectivity index (χ1n) is 8.03. The molecule has 130 valence electrons. The lowest BCUT2D eigenvalue weighted by atomic mass is 9.89. The molecule has 0 saturated heterocycles. The Morgan fingerprint density at radius 3 is 2.54 bits per heavy atom. The highest BCUT2D eigenvalue weighted by Crippen LogP contribution is 2.25. The highest BCUT2D eigenvalue weighted by molar-refractivity contribution is 6.42. The molecule has 1 aromatic rings. The van der Waals surface area contributed by atoms with Crippen molar-refractivity contribution in [3.63, 3.8) is 0 Å². The number of carbonyl (C=O) groups excluding carboxylic acids is 2. The summed E-state index contributed by atoms with van der Waals surface area (Å²) in [6, 6.07) is 4.87. The maximum atomic E-state index is 12.0. The van der Waals surface area contributed by atoms with Crippen LogP contribution in [0.25, 0.3) is 0 Å². The van der Waals surface area contributed by atoms with Crippen LogP contribution in [0.15, 0.2) is 23.3 Å². The molecule has 1 aromatic carbocycles. The van der Waals surface area contributed by atoms with Gasteiger partial charge in [-0.3, -0.25) is 9.59 Å². The molecule has 2 rings (SSSR count). The zero-order valence-corrected chi connectivity index (χ0v) is 15.1. The van der Waals surface area contributed by atoms with E-state index in [2.05, 4.69) is 15.8 Å². The molecule has 2 amide bonds. The number of halogens is 2. The molecule has 7 heteroatoms. The SMILES string of the molecule is CC(CC(=O)Nc1ccc(Cl)c(Cl)c1)=NNC(=O)C1CCCCC1. The van der Waals surface area contributed by atoms with Crippen molar-refractivity contribution in [1.82, 2.24) is 5.43 Å². The van der Waals surface area contributed by atoms with Crippen molar-refractivity contribution < 1.29 is 9.59 Å². The lowest BCUT2D eigenvalue weighted by Gasteiger charge is -2.19. The van der Waals surface area contributed by atoms with Crippen LogP contribution in [0.3, 0.4) is 0 Å². The number of nitrogens with zero attached hydrogens (tertiary/aromatic N) is 1. The Bertz CT molecular complexity index is 641. The number of nitrogens with one attached hydrogen (secondary N) is 2. The summed E-state index contributed by atoms with van der Waals surface area (Å²) in [6.07, 6.45) is 5.29. The third-order valence-electron chi connectivity index (χ3n) is 3.95. The van der Waals surface area contributed by atoms with Crippen molar-refractivity contribution in [2.24, 2.45) is 11.0 Å². The minimum atomic E-state index is -0.235. The number of carbonyl (C=O) groups is 2. The Hall–Kier alpha value is -1.59. The van der Waals surface area contributed by atoms with E-state index in [0.717, 1.165) is 25.7 Å². The van der Waals surface area contributed by atoms with E-state index < -0.39 is 0 Å². The molecular weight excluding hydrogens is 349 g/mol. The first-order chi connectivity index (χ1) is 11.5. The Labute approximate surface area is 151 Å². The van der Waals surface area contributed by atoms with Crippen LogP contribution in [-0.4, -0.2) is 17.5 Å². The fourth-order valence-corrected chi connectivity index (χ4v) is 2.96. The van der Waals surface area contributed by atoms with Gasteiger partial charge >= 0.3 is 0 Å². The molecule has 24 heavy (non-hydrogen) atoms. The second kappa shape index (κ2) is 9.04. The molecule has 0 atom stereocenters. The number of hydrogen-bond donors (Lipinski definition) is 2. The summed E-state index contributed by atoms with van der Waals surface area (Å²) in [5.74, 6) is -0.249. The quantitative estimate of drug-likeness (QED) is 0.596. The van der Waals surface area contributed by atoms with Gasteiger partial charge in [-0.25, -0.2) is 5.43 Å². The molecule has 0 unspecified atom stereocenters. The van der Waals surface area contributed by atoms with Crippen LogP contribution in [0.4, 0.5) is 5.69 Å². The van der Waals surface area contributed by atoms with E-state index in [9.17, 15) is 9.59 Å². The molecule has 0 aromatic heterocycles. The maximum Gasteiger partial charge on any atom is 0.243 e. The van der Waals surface area contributed by atoms with E-state index in [4.69, 9.17) is 23.2 Å². The summed E-state index contributed by atoms with van der Waals surface area (Å²) < 4.78 is 0. The Balaban J connectivity index is 1.81. The maximum absolute atomic E-state index is 12.0. The van der Waals surface area contributed by atoms with Crippen molar-refractivity contribution >= 4 is 46.4 Å². The fraction of sp³-hybridized carbons (Fsp3) is 0.471. The van der Waals surface area contributed by atoms with E-state index in [1.807, 2.05) is 0 Å². The van der Waals surface area contributed by atoms with Crippen molar-refractivity contribution in [1.29, 1.82) is 0 Å². The van der Waals surface area contributed by atoms with Crippen LogP contribution in [0.5, 0.6) is 0 Å². The van der Waals surface area contributed by atoms with Gasteiger partial charge in [0.2, 0.25) is 11.8 Å². The molecule has 2 N–H and O–H groups in total. The Morgan fingerprint density at radius 2 is 1.88 bits per heavy atom. The summed E-state index contributed by atoms with van der Waals surface area (Å²) in [5.41, 5.74) is 3.67. The van der Waals surface area contributed by atoms with Crippen LogP contribution in [-0.2, 0) is 9.59 Å². The van der Waals surface area contributed by atoms with Gasteiger partial charge in [0.1, 0.15) is 0 Å². The Morgan fingerprint density at radius 1 is 1.17 bits per heavy atom. The van der Waals surface area contributed by atoms with Gasteiger partial charge in [-0.05, 0) is 38.0 Å². The highest BCUT2D eigenvalue weighted by Gasteiger charge is 2.20. The first-order valence-corrected chi connectivity index (χ1v) is 8.79. The van der Waals surface area contributed by atoms with Crippen LogP contribution >= 0.6 is 23.2 Å². The van der Waals surface area contributed by atoms with E-state index in [-0.39, 0.29) is 24.2 Å². The van der Waals surface area contributed by atoms with Crippen molar-refractivity contribution in [2.45, 2.75) is 45.4 Å². The minimum Gasteiger partial charge on any atom is -0.326 e. The third kappa shape index (κ3) is 5.80. The zero-order valence-electron chi connectivity index (χ0n) is 13.6. The predicted molar refractivity (Wildman–Crippen MR) is 97.5 cm³/mol. The molecule has 0 heterocycles. The molecule has 0 spiro atoms. The monoisotopic (exact) mass is 369 g/mol. The van der Waals surface area contributed by atoms with Gasteiger partial charge < -0.3 is 5.32 Å². The summed E-state index contributed by atoms with van der Waals surface area (Å²) in [4.78, 5) is 24.0. The third-order valence-corrected chi connectivity index (χ3v) is 4.69. The lowest BCUT2D eigenvalue weighted by Crippen LogP contribution is -2.29. The van der Waals surface area contributed by atoms with Crippen LogP contribution < -0.4 is 10.7 Å². The van der Waals surface area contributed by atoms with Crippen molar-refractivity contribution in [3.05, 3.63) is 28.2 Å². The van der Waals surface area contributed by atoms with E-state index in [0.29, 0.717) is 21.4 Å². The van der Waals surface area contributed by atoms with Gasteiger partial charge in [-0.1, -0.05) is 42.5 Å². The molecule has 0 bridgehead atoms. The highest BCUT2D eigenvalue weighted by atomic mass is 35.5. The second-order valence-electron chi connectivity index (χ2n) is 6.01. The van der Waals surface area contributed by atoms with E-state index >= 15 is 0 Å². The zero-order chi connectivity index (χ0) is 17.5. The molecule has 1 saturated carbocycles. The largest absolute Gasteiger partial charge is 0.326 e. The number of amides is 2. The molecule has 0 aliphatic heterocycles. The molecule has 5 nitrogen and oxygen atoms in total. The number of benzene rings is 1. The first kappa shape index (κ1) is 18.7. The molecular formula is C17H21Cl2N3O2. The number of hydrogen-bond acceptors (Lipinski definition) is 3. The topological polar surface area (TPSA) is 70.6 Å². The van der Waals surface area contributed by atoms with Crippen molar-refractivity contribution in [3.8, 4) is 0 Å². The number of anilines is 1. The standard InChI is InChI=1S/C17H21Cl2N3O2/c1-11(21-22-17(24)12-5-3-2-4-6-12)9-16(23)20-13-7-8-14(18)15(19)10-13/h7-8,10,12H,2-6,9H2,1H3,(H,20,23)(H,22,24). The van der Waals surface area contributed by atoms with Crippen LogP contribution in [0.2, 0.25) is 10.0 Å². The van der Waals surface area contributed by atoms with Gasteiger partial charge in [-0.2, -0.15) is 5.10 Å². The van der Waals surface area contributed by atoms with Gasteiger partial charge in [0.25, 0.3) is 0 Å². The van der Waals surface area contributed by atoms with Gasteiger partial charge in [0.15, 0.2) is 0 Å². The van der Waals surface area contributed by atoms with Gasteiger partial charge in [-0.15, -0.1) is 0 Å². The van der Waals surface area contributed by atoms with E-state index in [1.54, 1.807) is 25.1 Å². The normalized spacial score (nSPS) is 15.9. The van der Waals surface area contributed by atoms with Crippen molar-refractivity contribution in [2.75, 3.05) is 5.32 Å². The smallest absolute Gasteiger partial charge is 0.243 e. The molecule has 1 aliphatic carbocycles. The molecule has 1 fully saturated rings. The van der Waals surface area contributed by atoms with Crippen LogP contribution in [0, 0.1) is 5.92 Å². The molecule has 1 aliphatic rings. The number of rotatable bonds is 5. The van der Waals surface area contributed by atoms with Gasteiger partial charge in [0.05, 0.1) is 16.5 Å². The summed E-state index contributed by atoms with van der Waals surface area (Å²) in [7, 11) is 0. The summed E-state index contributed by atoms with van der Waals surface area (Å²) in [6.45, 7) is 1.70. The lowest BCUT2D eigenvalue weighted by molar-refractivity contribution is -0.126. The Kier molecular flexibility index (Phi) is 7.06. The van der Waals surface area contributed by atoms with Gasteiger partial charge in [0, 0.05) is 17.3 Å². The summed E-state index contributed by atoms with van der Waals surface area (Å²) in [5, 5.41) is 7.54. The average molecular weight is 370 g/mol. The fourth-order valence-electron chi connectivity index (χ4n) is 2.66. The number of hydrazone groups is 1. The molecule has 0 radical (unpaired) electrons. The second-order valence-corrected chi connectivity index (χ2v) is 6.83.